The Morgan fingerprint density at radius 1 is 1.21 bits per heavy atom. The Bertz CT molecular complexity index is 1030. The van der Waals surface area contributed by atoms with Crippen molar-refractivity contribution in [2.75, 3.05) is 13.1 Å². The van der Waals surface area contributed by atoms with Crippen LogP contribution in [-0.4, -0.2) is 37.9 Å². The molecule has 1 aliphatic carbocycles. The summed E-state index contributed by atoms with van der Waals surface area (Å²) in [6.07, 6.45) is 2.94. The first-order chi connectivity index (χ1) is 13.5. The molecule has 3 aliphatic rings. The molecule has 0 N–H and O–H groups in total. The highest BCUT2D eigenvalue weighted by Crippen LogP contribution is 2.32. The summed E-state index contributed by atoms with van der Waals surface area (Å²) in [6, 6.07) is 6.59. The summed E-state index contributed by atoms with van der Waals surface area (Å²) in [7, 11) is 0. The summed E-state index contributed by atoms with van der Waals surface area (Å²) in [5.74, 6) is 0.753. The van der Waals surface area contributed by atoms with Crippen LogP contribution >= 0.6 is 0 Å². The molecule has 0 bridgehead atoms. The number of benzene rings is 1. The molecule has 1 aromatic carbocycles. The van der Waals surface area contributed by atoms with Gasteiger partial charge in [-0.1, -0.05) is 12.1 Å². The van der Waals surface area contributed by atoms with E-state index >= 15 is 0 Å². The number of halogens is 1. The topological polar surface area (TPSA) is 69.4 Å². The van der Waals surface area contributed by atoms with Crippen molar-refractivity contribution >= 4 is 0 Å². The van der Waals surface area contributed by atoms with Crippen molar-refractivity contribution in [3.63, 3.8) is 0 Å². The molecule has 3 heterocycles. The molecule has 28 heavy (non-hydrogen) atoms. The Hall–Kier alpha value is -2.32. The SMILES string of the molecule is O=c1c(=O)n2c(nn1CC1CC1)COC1(CCN(Cc3cccc(F)c3)C1)C2. The van der Waals surface area contributed by atoms with Crippen LogP contribution in [-0.2, 0) is 31.0 Å². The van der Waals surface area contributed by atoms with Crippen molar-refractivity contribution in [3.05, 3.63) is 62.2 Å². The van der Waals surface area contributed by atoms with Gasteiger partial charge in [-0.05, 0) is 42.9 Å². The molecule has 5 rings (SSSR count). The van der Waals surface area contributed by atoms with E-state index in [1.165, 1.54) is 15.3 Å². The van der Waals surface area contributed by atoms with Crippen LogP contribution < -0.4 is 11.1 Å². The molecule has 1 saturated heterocycles. The molecule has 7 nitrogen and oxygen atoms in total. The van der Waals surface area contributed by atoms with E-state index in [-0.39, 0.29) is 12.4 Å². The largest absolute Gasteiger partial charge is 0.364 e. The Kier molecular flexibility index (Phi) is 4.21. The molecule has 2 aromatic rings. The molecule has 1 saturated carbocycles. The second-order valence-corrected chi connectivity index (χ2v) is 8.30. The van der Waals surface area contributed by atoms with E-state index in [4.69, 9.17) is 4.74 Å². The quantitative estimate of drug-likeness (QED) is 0.737. The third-order valence-corrected chi connectivity index (χ3v) is 5.98. The van der Waals surface area contributed by atoms with Crippen LogP contribution in [0.5, 0.6) is 0 Å². The monoisotopic (exact) mass is 386 g/mol. The van der Waals surface area contributed by atoms with Gasteiger partial charge in [-0.2, -0.15) is 5.10 Å². The predicted molar refractivity (Wildman–Crippen MR) is 99.3 cm³/mol. The summed E-state index contributed by atoms with van der Waals surface area (Å²) in [4.78, 5) is 27.3. The average molecular weight is 386 g/mol. The molecule has 148 valence electrons. The van der Waals surface area contributed by atoms with Gasteiger partial charge in [0.1, 0.15) is 18.0 Å². The zero-order valence-electron chi connectivity index (χ0n) is 15.6. The Balaban J connectivity index is 1.35. The van der Waals surface area contributed by atoms with Gasteiger partial charge in [-0.15, -0.1) is 0 Å². The van der Waals surface area contributed by atoms with E-state index in [9.17, 15) is 14.0 Å². The normalized spacial score (nSPS) is 24.6. The maximum Gasteiger partial charge on any atom is 0.332 e. The number of aromatic nitrogens is 3. The zero-order chi connectivity index (χ0) is 19.3. The molecule has 1 atom stereocenters. The van der Waals surface area contributed by atoms with E-state index < -0.39 is 16.7 Å². The zero-order valence-corrected chi connectivity index (χ0v) is 15.6. The van der Waals surface area contributed by atoms with Crippen LogP contribution in [0.3, 0.4) is 0 Å². The second kappa shape index (κ2) is 6.63. The van der Waals surface area contributed by atoms with Gasteiger partial charge in [-0.3, -0.25) is 19.1 Å². The van der Waals surface area contributed by atoms with Crippen LogP contribution in [0.2, 0.25) is 0 Å². The van der Waals surface area contributed by atoms with E-state index in [1.54, 1.807) is 12.1 Å². The number of likely N-dealkylation sites (tertiary alicyclic amines) is 1. The highest BCUT2D eigenvalue weighted by atomic mass is 19.1. The molecule has 1 unspecified atom stereocenters. The fourth-order valence-corrected chi connectivity index (χ4v) is 4.27. The van der Waals surface area contributed by atoms with Gasteiger partial charge >= 0.3 is 11.1 Å². The lowest BCUT2D eigenvalue weighted by Gasteiger charge is -2.35. The maximum absolute atomic E-state index is 13.4. The van der Waals surface area contributed by atoms with Crippen LogP contribution in [0, 0.1) is 11.7 Å². The fraction of sp³-hybridized carbons (Fsp3) is 0.550. The number of rotatable bonds is 4. The molecular weight excluding hydrogens is 363 g/mol. The molecule has 0 radical (unpaired) electrons. The number of hydrogen-bond donors (Lipinski definition) is 0. The van der Waals surface area contributed by atoms with Gasteiger partial charge in [0, 0.05) is 26.2 Å². The molecule has 2 fully saturated rings. The summed E-state index contributed by atoms with van der Waals surface area (Å²) in [5.41, 5.74) is -0.629. The maximum atomic E-state index is 13.4. The Morgan fingerprint density at radius 3 is 2.86 bits per heavy atom. The number of hydrogen-bond acceptors (Lipinski definition) is 5. The first kappa shape index (κ1) is 17.8. The van der Waals surface area contributed by atoms with Crippen molar-refractivity contribution in [2.45, 2.75) is 51.1 Å². The van der Waals surface area contributed by atoms with Crippen LogP contribution in [0.4, 0.5) is 4.39 Å². The van der Waals surface area contributed by atoms with E-state index in [2.05, 4.69) is 10.00 Å². The first-order valence-electron chi connectivity index (χ1n) is 9.83. The van der Waals surface area contributed by atoms with Gasteiger partial charge in [-0.25, -0.2) is 9.07 Å². The van der Waals surface area contributed by atoms with Crippen LogP contribution in [0.25, 0.3) is 0 Å². The summed E-state index contributed by atoms with van der Waals surface area (Å²) >= 11 is 0. The third-order valence-electron chi connectivity index (χ3n) is 5.98. The minimum atomic E-state index is -0.540. The Morgan fingerprint density at radius 2 is 2.07 bits per heavy atom. The van der Waals surface area contributed by atoms with Gasteiger partial charge < -0.3 is 4.74 Å². The standard InChI is InChI=1S/C20H23FN4O3/c21-16-3-1-2-15(8-16)9-23-7-6-20(12-23)13-24-17(11-28-20)22-25(10-14-4-5-14)19(27)18(24)26/h1-3,8,14H,4-7,9-13H2. The average Bonchev–Trinajstić information content (AvgIpc) is 3.41. The van der Waals surface area contributed by atoms with Crippen LogP contribution in [0.1, 0.15) is 30.7 Å². The smallest absolute Gasteiger partial charge is 0.332 e. The highest BCUT2D eigenvalue weighted by molar-refractivity contribution is 5.16. The summed E-state index contributed by atoms with van der Waals surface area (Å²) in [6.45, 7) is 3.16. The summed E-state index contributed by atoms with van der Waals surface area (Å²) < 4.78 is 22.4. The predicted octanol–water partition coefficient (Wildman–Crippen LogP) is 1.13. The first-order valence-corrected chi connectivity index (χ1v) is 9.83. The van der Waals surface area contributed by atoms with Gasteiger partial charge in [0.2, 0.25) is 0 Å². The van der Waals surface area contributed by atoms with Gasteiger partial charge in [0.15, 0.2) is 5.82 Å². The molecule has 2 aliphatic heterocycles. The van der Waals surface area contributed by atoms with Crippen LogP contribution in [0.15, 0.2) is 33.9 Å². The Labute approximate surface area is 161 Å². The molecule has 0 amide bonds. The van der Waals surface area contributed by atoms with Crippen molar-refractivity contribution in [1.29, 1.82) is 0 Å². The van der Waals surface area contributed by atoms with Gasteiger partial charge in [0.05, 0.1) is 6.54 Å². The third kappa shape index (κ3) is 3.31. The van der Waals surface area contributed by atoms with E-state index in [0.717, 1.165) is 31.4 Å². The van der Waals surface area contributed by atoms with Crippen molar-refractivity contribution < 1.29 is 9.13 Å². The minimum Gasteiger partial charge on any atom is -0.364 e. The lowest BCUT2D eigenvalue weighted by Crippen LogP contribution is -2.53. The van der Waals surface area contributed by atoms with E-state index in [0.29, 0.717) is 37.9 Å². The number of nitrogens with zero attached hydrogens (tertiary/aromatic N) is 4. The lowest BCUT2D eigenvalue weighted by atomic mass is 10.0. The minimum absolute atomic E-state index is 0.230. The fourth-order valence-electron chi connectivity index (χ4n) is 4.27. The molecule has 1 aromatic heterocycles. The van der Waals surface area contributed by atoms with Crippen molar-refractivity contribution in [1.82, 2.24) is 19.2 Å². The lowest BCUT2D eigenvalue weighted by molar-refractivity contribution is -0.0859. The van der Waals surface area contributed by atoms with Crippen molar-refractivity contribution in [2.24, 2.45) is 5.92 Å². The number of fused-ring (bicyclic) bond motifs is 1. The molecular formula is C20H23FN4O3. The summed E-state index contributed by atoms with van der Waals surface area (Å²) in [5, 5.41) is 4.39. The number of ether oxygens (including phenoxy) is 1. The second-order valence-electron chi connectivity index (χ2n) is 8.30. The molecule has 8 heteroatoms. The highest BCUT2D eigenvalue weighted by Gasteiger charge is 2.43. The van der Waals surface area contributed by atoms with Crippen molar-refractivity contribution in [3.8, 4) is 0 Å². The van der Waals surface area contributed by atoms with Gasteiger partial charge in [0.25, 0.3) is 0 Å². The molecule has 1 spiro atoms. The van der Waals surface area contributed by atoms with E-state index in [1.807, 2.05) is 6.07 Å².